The van der Waals surface area contributed by atoms with E-state index in [2.05, 4.69) is 0 Å². The van der Waals surface area contributed by atoms with Crippen LogP contribution in [0.25, 0.3) is 9.40 Å². The average Bonchev–Trinajstić information content (AvgIpc) is 2.56. The van der Waals surface area contributed by atoms with E-state index in [-0.39, 0.29) is 5.97 Å². The molecule has 2 N–H and O–H groups in total. The Hall–Kier alpha value is -1.07. The summed E-state index contributed by atoms with van der Waals surface area (Å²) < 4.78 is 6.37. The van der Waals surface area contributed by atoms with Crippen molar-refractivity contribution in [1.82, 2.24) is 0 Å². The molecule has 0 spiro atoms. The Labute approximate surface area is 102 Å². The number of esters is 1. The Balaban J connectivity index is 2.27. The van der Waals surface area contributed by atoms with Crippen LogP contribution in [0.2, 0.25) is 0 Å². The van der Waals surface area contributed by atoms with Gasteiger partial charge in [-0.15, -0.1) is 22.7 Å². The maximum atomic E-state index is 11.8. The van der Waals surface area contributed by atoms with Gasteiger partial charge in [0.05, 0.1) is 9.01 Å². The van der Waals surface area contributed by atoms with E-state index in [4.69, 9.17) is 10.5 Å². The van der Waals surface area contributed by atoms with Gasteiger partial charge in [-0.1, -0.05) is 0 Å². The Kier molecular flexibility index (Phi) is 2.67. The van der Waals surface area contributed by atoms with Crippen molar-refractivity contribution in [2.75, 3.05) is 5.73 Å². The van der Waals surface area contributed by atoms with Gasteiger partial charge in [0.1, 0.15) is 10.5 Å². The summed E-state index contributed by atoms with van der Waals surface area (Å²) in [4.78, 5) is 12.4. The summed E-state index contributed by atoms with van der Waals surface area (Å²) in [6.45, 7) is 5.58. The van der Waals surface area contributed by atoms with Gasteiger partial charge in [0, 0.05) is 5.39 Å². The fourth-order valence-electron chi connectivity index (χ4n) is 1.29. The van der Waals surface area contributed by atoms with E-state index >= 15 is 0 Å². The van der Waals surface area contributed by atoms with Gasteiger partial charge < -0.3 is 10.5 Å². The number of ether oxygens (including phenoxy) is 1. The summed E-state index contributed by atoms with van der Waals surface area (Å²) >= 11 is 2.93. The minimum absolute atomic E-state index is 0.264. The molecule has 0 aliphatic carbocycles. The fraction of sp³-hybridized carbons (Fsp3) is 0.364. The molecule has 0 saturated heterocycles. The highest BCUT2D eigenvalue weighted by Crippen LogP contribution is 2.35. The van der Waals surface area contributed by atoms with Gasteiger partial charge in [-0.05, 0) is 32.9 Å². The quantitative estimate of drug-likeness (QED) is 0.793. The Morgan fingerprint density at radius 1 is 1.31 bits per heavy atom. The molecule has 0 amide bonds. The molecule has 5 heteroatoms. The van der Waals surface area contributed by atoms with Gasteiger partial charge in [-0.3, -0.25) is 0 Å². The first-order valence-corrected chi connectivity index (χ1v) is 6.51. The first-order valence-electron chi connectivity index (χ1n) is 4.87. The second kappa shape index (κ2) is 3.75. The molecule has 0 aliphatic rings. The number of rotatable bonds is 1. The number of nitrogen functional groups attached to an aromatic ring is 1. The lowest BCUT2D eigenvalue weighted by Gasteiger charge is -2.18. The van der Waals surface area contributed by atoms with Crippen molar-refractivity contribution in [2.45, 2.75) is 26.4 Å². The normalized spacial score (nSPS) is 11.9. The molecular weight excluding hydrogens is 242 g/mol. The van der Waals surface area contributed by atoms with Gasteiger partial charge in [0.25, 0.3) is 0 Å². The van der Waals surface area contributed by atoms with Crippen LogP contribution in [0.15, 0.2) is 12.1 Å². The fourth-order valence-corrected chi connectivity index (χ4v) is 3.39. The molecule has 0 fully saturated rings. The van der Waals surface area contributed by atoms with Crippen molar-refractivity contribution in [3.8, 4) is 0 Å². The van der Waals surface area contributed by atoms with Crippen molar-refractivity contribution < 1.29 is 9.53 Å². The van der Waals surface area contributed by atoms with E-state index in [1.54, 1.807) is 0 Å². The number of hydrogen-bond acceptors (Lipinski definition) is 5. The molecular formula is C11H13NO2S2. The second-order valence-electron chi connectivity index (χ2n) is 4.50. The van der Waals surface area contributed by atoms with Crippen molar-refractivity contribution in [3.63, 3.8) is 0 Å². The van der Waals surface area contributed by atoms with Crippen molar-refractivity contribution in [3.05, 3.63) is 17.0 Å². The van der Waals surface area contributed by atoms with E-state index in [1.165, 1.54) is 22.7 Å². The third-order valence-corrected chi connectivity index (χ3v) is 4.03. The monoisotopic (exact) mass is 255 g/mol. The molecule has 16 heavy (non-hydrogen) atoms. The molecule has 0 aliphatic heterocycles. The SMILES string of the molecule is CC(C)(C)OC(=O)c1cc2cc(N)sc2s1. The lowest BCUT2D eigenvalue weighted by molar-refractivity contribution is 0.00753. The Morgan fingerprint density at radius 2 is 2.00 bits per heavy atom. The van der Waals surface area contributed by atoms with Gasteiger partial charge in [-0.2, -0.15) is 0 Å². The predicted octanol–water partition coefficient (Wildman–Crippen LogP) is 3.50. The van der Waals surface area contributed by atoms with Gasteiger partial charge in [0.2, 0.25) is 0 Å². The molecule has 3 nitrogen and oxygen atoms in total. The van der Waals surface area contributed by atoms with Crippen LogP contribution >= 0.6 is 22.7 Å². The van der Waals surface area contributed by atoms with Crippen molar-refractivity contribution in [1.29, 1.82) is 0 Å². The smallest absolute Gasteiger partial charge is 0.348 e. The maximum absolute atomic E-state index is 11.8. The zero-order valence-corrected chi connectivity index (χ0v) is 11.0. The molecule has 2 heterocycles. The summed E-state index contributed by atoms with van der Waals surface area (Å²) in [6.07, 6.45) is 0. The van der Waals surface area contributed by atoms with Crippen LogP contribution in [-0.2, 0) is 4.74 Å². The van der Waals surface area contributed by atoms with E-state index in [9.17, 15) is 4.79 Å². The van der Waals surface area contributed by atoms with Gasteiger partial charge in [-0.25, -0.2) is 4.79 Å². The minimum atomic E-state index is -0.451. The number of fused-ring (bicyclic) bond motifs is 1. The van der Waals surface area contributed by atoms with E-state index < -0.39 is 5.60 Å². The third kappa shape index (κ3) is 2.36. The Morgan fingerprint density at radius 3 is 2.56 bits per heavy atom. The standard InChI is InChI=1S/C11H13NO2S2/c1-11(2,3)14-9(13)7-4-6-5-8(12)16-10(6)15-7/h4-5H,12H2,1-3H3. The highest BCUT2D eigenvalue weighted by atomic mass is 32.2. The van der Waals surface area contributed by atoms with Gasteiger partial charge in [0.15, 0.2) is 0 Å². The summed E-state index contributed by atoms with van der Waals surface area (Å²) in [5, 5.41) is 1.80. The van der Waals surface area contributed by atoms with Crippen LogP contribution < -0.4 is 5.73 Å². The molecule has 0 bridgehead atoms. The zero-order chi connectivity index (χ0) is 11.9. The number of carbonyl (C=O) groups is 1. The second-order valence-corrected chi connectivity index (χ2v) is 6.90. The van der Waals surface area contributed by atoms with Crippen molar-refractivity contribution in [2.24, 2.45) is 0 Å². The molecule has 86 valence electrons. The summed E-state index contributed by atoms with van der Waals surface area (Å²) in [5.74, 6) is -0.264. The van der Waals surface area contributed by atoms with E-state index in [1.807, 2.05) is 32.9 Å². The molecule has 2 aromatic rings. The van der Waals surface area contributed by atoms with E-state index in [0.29, 0.717) is 4.88 Å². The maximum Gasteiger partial charge on any atom is 0.348 e. The Bertz CT molecular complexity index is 502. The molecule has 0 radical (unpaired) electrons. The number of thiophene rings is 2. The number of anilines is 1. The molecule has 0 saturated carbocycles. The highest BCUT2D eigenvalue weighted by molar-refractivity contribution is 7.40. The van der Waals surface area contributed by atoms with Crippen molar-refractivity contribution >= 4 is 43.0 Å². The first-order chi connectivity index (χ1) is 7.35. The summed E-state index contributed by atoms with van der Waals surface area (Å²) in [7, 11) is 0. The first kappa shape index (κ1) is 11.4. The lowest BCUT2D eigenvalue weighted by atomic mass is 10.2. The van der Waals surface area contributed by atoms with Gasteiger partial charge >= 0.3 is 5.97 Å². The van der Waals surface area contributed by atoms with E-state index in [0.717, 1.165) is 14.4 Å². The van der Waals surface area contributed by atoms with Crippen LogP contribution in [0.5, 0.6) is 0 Å². The summed E-state index contributed by atoms with van der Waals surface area (Å²) in [5.41, 5.74) is 5.22. The van der Waals surface area contributed by atoms with Crippen LogP contribution in [0.4, 0.5) is 5.00 Å². The highest BCUT2D eigenvalue weighted by Gasteiger charge is 2.20. The number of hydrogen-bond donors (Lipinski definition) is 1. The molecule has 0 unspecified atom stereocenters. The molecule has 0 aromatic carbocycles. The molecule has 2 aromatic heterocycles. The molecule has 2 rings (SSSR count). The number of carbonyl (C=O) groups excluding carboxylic acids is 1. The predicted molar refractivity (Wildman–Crippen MR) is 69.3 cm³/mol. The van der Waals surface area contributed by atoms with Crippen LogP contribution in [0.3, 0.4) is 0 Å². The lowest BCUT2D eigenvalue weighted by Crippen LogP contribution is -2.23. The number of nitrogens with two attached hydrogens (primary N) is 1. The largest absolute Gasteiger partial charge is 0.456 e. The summed E-state index contributed by atoms with van der Waals surface area (Å²) in [6, 6.07) is 3.71. The molecule has 0 atom stereocenters. The average molecular weight is 255 g/mol. The van der Waals surface area contributed by atoms with Crippen LogP contribution in [0.1, 0.15) is 30.4 Å². The third-order valence-electron chi connectivity index (χ3n) is 1.83. The minimum Gasteiger partial charge on any atom is -0.456 e. The zero-order valence-electron chi connectivity index (χ0n) is 9.37. The van der Waals surface area contributed by atoms with Crippen LogP contribution in [-0.4, -0.2) is 11.6 Å². The van der Waals surface area contributed by atoms with Crippen LogP contribution in [0, 0.1) is 0 Å². The topological polar surface area (TPSA) is 52.3 Å².